The minimum atomic E-state index is -0.324. The summed E-state index contributed by atoms with van der Waals surface area (Å²) in [6.07, 6.45) is 1.69. The van der Waals surface area contributed by atoms with Gasteiger partial charge in [0.15, 0.2) is 11.5 Å². The first kappa shape index (κ1) is 12.9. The Morgan fingerprint density at radius 3 is 2.86 bits per heavy atom. The molecule has 0 unspecified atom stereocenters. The van der Waals surface area contributed by atoms with Gasteiger partial charge in [-0.05, 0) is 25.1 Å². The van der Waals surface area contributed by atoms with Crippen molar-refractivity contribution in [3.63, 3.8) is 0 Å². The van der Waals surface area contributed by atoms with Crippen LogP contribution >= 0.6 is 0 Å². The summed E-state index contributed by atoms with van der Waals surface area (Å²) in [7, 11) is 0. The van der Waals surface area contributed by atoms with E-state index in [4.69, 9.17) is 5.73 Å². The van der Waals surface area contributed by atoms with Gasteiger partial charge >= 0.3 is 0 Å². The highest BCUT2D eigenvalue weighted by atomic mass is 16.2. The van der Waals surface area contributed by atoms with Crippen LogP contribution in [0.4, 0.5) is 11.5 Å². The summed E-state index contributed by atoms with van der Waals surface area (Å²) in [5, 5.41) is 13.6. The number of aromatic nitrogens is 4. The summed E-state index contributed by atoms with van der Waals surface area (Å²) in [6.45, 7) is 1.86. The van der Waals surface area contributed by atoms with Gasteiger partial charge < -0.3 is 11.1 Å². The van der Waals surface area contributed by atoms with Crippen molar-refractivity contribution >= 4 is 17.4 Å². The molecule has 3 rings (SSSR count). The van der Waals surface area contributed by atoms with Gasteiger partial charge in [-0.1, -0.05) is 12.1 Å². The van der Waals surface area contributed by atoms with Gasteiger partial charge in [-0.25, -0.2) is 4.68 Å². The number of anilines is 2. The quantitative estimate of drug-likeness (QED) is 0.637. The third kappa shape index (κ3) is 2.62. The van der Waals surface area contributed by atoms with Crippen LogP contribution in [0, 0.1) is 6.92 Å². The number of nitrogens with zero attached hydrogens (tertiary/aromatic N) is 3. The number of amides is 1. The van der Waals surface area contributed by atoms with Gasteiger partial charge in [0.05, 0.1) is 11.4 Å². The number of para-hydroxylation sites is 2. The molecule has 7 heteroatoms. The Bertz CT molecular complexity index is 788. The highest BCUT2D eigenvalue weighted by Gasteiger charge is 2.12. The number of hydrogen-bond acceptors (Lipinski definition) is 4. The maximum Gasteiger partial charge on any atom is 0.277 e. The molecule has 106 valence electrons. The van der Waals surface area contributed by atoms with Crippen molar-refractivity contribution < 1.29 is 4.79 Å². The summed E-state index contributed by atoms with van der Waals surface area (Å²) in [5.74, 6) is 0.140. The standard InChI is InChI=1S/C14H14N6O/c1-9-8-13(18-17-9)16-14(21)11-6-7-20(19-11)12-5-3-2-4-10(12)15/h2-8H,15H2,1H3,(H2,16,17,18,21). The molecule has 0 bridgehead atoms. The number of benzene rings is 1. The minimum absolute atomic E-state index is 0.291. The van der Waals surface area contributed by atoms with Crippen LogP contribution in [0.15, 0.2) is 42.6 Å². The molecule has 2 aromatic heterocycles. The highest BCUT2D eigenvalue weighted by molar-refractivity contribution is 6.02. The molecule has 0 radical (unpaired) electrons. The van der Waals surface area contributed by atoms with E-state index in [1.807, 2.05) is 25.1 Å². The number of nitrogens with one attached hydrogen (secondary N) is 2. The van der Waals surface area contributed by atoms with Crippen molar-refractivity contribution in [3.05, 3.63) is 54.0 Å². The fourth-order valence-corrected chi connectivity index (χ4v) is 1.94. The van der Waals surface area contributed by atoms with E-state index in [-0.39, 0.29) is 5.91 Å². The molecule has 4 N–H and O–H groups in total. The maximum atomic E-state index is 12.1. The average molecular weight is 282 g/mol. The lowest BCUT2D eigenvalue weighted by Crippen LogP contribution is -2.13. The molecule has 0 saturated carbocycles. The monoisotopic (exact) mass is 282 g/mol. The Labute approximate surface area is 120 Å². The fraction of sp³-hybridized carbons (Fsp3) is 0.0714. The Balaban J connectivity index is 1.82. The summed E-state index contributed by atoms with van der Waals surface area (Å²) >= 11 is 0. The number of nitrogen functional groups attached to an aromatic ring is 1. The number of carbonyl (C=O) groups excluding carboxylic acids is 1. The number of rotatable bonds is 3. The van der Waals surface area contributed by atoms with E-state index in [2.05, 4.69) is 20.6 Å². The molecule has 0 saturated heterocycles. The number of carbonyl (C=O) groups is 1. The van der Waals surface area contributed by atoms with Crippen molar-refractivity contribution in [2.24, 2.45) is 0 Å². The predicted octanol–water partition coefficient (Wildman–Crippen LogP) is 1.74. The smallest absolute Gasteiger partial charge is 0.277 e. The third-order valence-corrected chi connectivity index (χ3v) is 2.95. The van der Waals surface area contributed by atoms with Gasteiger partial charge in [-0.3, -0.25) is 9.89 Å². The largest absolute Gasteiger partial charge is 0.397 e. The molecule has 7 nitrogen and oxygen atoms in total. The molecule has 0 aliphatic heterocycles. The molecular weight excluding hydrogens is 268 g/mol. The van der Waals surface area contributed by atoms with E-state index in [0.29, 0.717) is 17.2 Å². The van der Waals surface area contributed by atoms with Crippen LogP contribution in [-0.4, -0.2) is 25.9 Å². The molecule has 1 aromatic carbocycles. The van der Waals surface area contributed by atoms with E-state index in [0.717, 1.165) is 11.4 Å². The van der Waals surface area contributed by atoms with Crippen LogP contribution in [0.1, 0.15) is 16.2 Å². The Kier molecular flexibility index (Phi) is 3.15. The van der Waals surface area contributed by atoms with Crippen molar-refractivity contribution in [1.29, 1.82) is 0 Å². The summed E-state index contributed by atoms with van der Waals surface area (Å²) in [5.41, 5.74) is 8.37. The zero-order valence-corrected chi connectivity index (χ0v) is 11.4. The molecule has 0 aliphatic carbocycles. The number of aryl methyl sites for hydroxylation is 1. The molecule has 1 amide bonds. The highest BCUT2D eigenvalue weighted by Crippen LogP contribution is 2.16. The van der Waals surface area contributed by atoms with Crippen LogP contribution < -0.4 is 11.1 Å². The van der Waals surface area contributed by atoms with Crippen molar-refractivity contribution in [2.45, 2.75) is 6.92 Å². The number of aromatic amines is 1. The molecular formula is C14H14N6O. The van der Waals surface area contributed by atoms with E-state index >= 15 is 0 Å². The van der Waals surface area contributed by atoms with Crippen molar-refractivity contribution in [2.75, 3.05) is 11.1 Å². The molecule has 2 heterocycles. The van der Waals surface area contributed by atoms with Gasteiger partial charge in [0.25, 0.3) is 5.91 Å². The first-order valence-corrected chi connectivity index (χ1v) is 6.37. The fourth-order valence-electron chi connectivity index (χ4n) is 1.94. The molecule has 0 fully saturated rings. The van der Waals surface area contributed by atoms with E-state index < -0.39 is 0 Å². The lowest BCUT2D eigenvalue weighted by Gasteiger charge is -2.04. The second-order valence-electron chi connectivity index (χ2n) is 4.59. The zero-order chi connectivity index (χ0) is 14.8. The first-order chi connectivity index (χ1) is 10.1. The zero-order valence-electron chi connectivity index (χ0n) is 11.4. The summed E-state index contributed by atoms with van der Waals surface area (Å²) in [6, 6.07) is 10.7. The average Bonchev–Trinajstić information content (AvgIpc) is 3.09. The van der Waals surface area contributed by atoms with E-state index in [9.17, 15) is 4.79 Å². The van der Waals surface area contributed by atoms with Gasteiger partial charge in [0.1, 0.15) is 0 Å². The molecule has 21 heavy (non-hydrogen) atoms. The van der Waals surface area contributed by atoms with Crippen LogP contribution in [0.2, 0.25) is 0 Å². The minimum Gasteiger partial charge on any atom is -0.397 e. The van der Waals surface area contributed by atoms with Crippen LogP contribution in [0.25, 0.3) is 5.69 Å². The summed E-state index contributed by atoms with van der Waals surface area (Å²) in [4.78, 5) is 12.1. The third-order valence-electron chi connectivity index (χ3n) is 2.95. The molecule has 3 aromatic rings. The first-order valence-electron chi connectivity index (χ1n) is 6.37. The lowest BCUT2D eigenvalue weighted by molar-refractivity contribution is 0.102. The van der Waals surface area contributed by atoms with Crippen molar-refractivity contribution in [1.82, 2.24) is 20.0 Å². The molecule has 0 aliphatic rings. The topological polar surface area (TPSA) is 102 Å². The Morgan fingerprint density at radius 2 is 2.14 bits per heavy atom. The van der Waals surface area contributed by atoms with Gasteiger partial charge in [-0.2, -0.15) is 10.2 Å². The molecule has 0 atom stereocenters. The van der Waals surface area contributed by atoms with Gasteiger partial charge in [-0.15, -0.1) is 0 Å². The number of H-pyrrole nitrogens is 1. The van der Waals surface area contributed by atoms with E-state index in [1.54, 1.807) is 29.1 Å². The van der Waals surface area contributed by atoms with Gasteiger partial charge in [0, 0.05) is 18.0 Å². The van der Waals surface area contributed by atoms with Crippen LogP contribution in [-0.2, 0) is 0 Å². The Hall–Kier alpha value is -3.09. The maximum absolute atomic E-state index is 12.1. The second kappa shape index (κ2) is 5.12. The van der Waals surface area contributed by atoms with Crippen LogP contribution in [0.5, 0.6) is 0 Å². The molecule has 0 spiro atoms. The van der Waals surface area contributed by atoms with E-state index in [1.165, 1.54) is 0 Å². The summed E-state index contributed by atoms with van der Waals surface area (Å²) < 4.78 is 1.57. The lowest BCUT2D eigenvalue weighted by atomic mass is 10.3. The second-order valence-corrected chi connectivity index (χ2v) is 4.59. The Morgan fingerprint density at radius 1 is 1.33 bits per heavy atom. The normalized spacial score (nSPS) is 10.5. The number of hydrogen-bond donors (Lipinski definition) is 3. The predicted molar refractivity (Wildman–Crippen MR) is 79.3 cm³/mol. The SMILES string of the molecule is Cc1cc(NC(=O)c2ccn(-c3ccccc3N)n2)n[nH]1. The number of nitrogens with two attached hydrogens (primary N) is 1. The van der Waals surface area contributed by atoms with Crippen molar-refractivity contribution in [3.8, 4) is 5.69 Å². The van der Waals surface area contributed by atoms with Gasteiger partial charge in [0.2, 0.25) is 0 Å². The van der Waals surface area contributed by atoms with Crippen LogP contribution in [0.3, 0.4) is 0 Å².